The second-order valence-electron chi connectivity index (χ2n) is 4.27. The Balaban J connectivity index is 1.98. The Bertz CT molecular complexity index is 547. The summed E-state index contributed by atoms with van der Waals surface area (Å²) in [5.74, 6) is 1.54. The summed E-state index contributed by atoms with van der Waals surface area (Å²) in [6, 6.07) is 1.48. The first-order chi connectivity index (χ1) is 8.65. The van der Waals surface area contributed by atoms with Gasteiger partial charge >= 0.3 is 0 Å². The van der Waals surface area contributed by atoms with E-state index in [0.29, 0.717) is 11.6 Å². The van der Waals surface area contributed by atoms with Crippen LogP contribution in [0.4, 0.5) is 5.82 Å². The van der Waals surface area contributed by atoms with Crippen LogP contribution in [0.2, 0.25) is 0 Å². The van der Waals surface area contributed by atoms with Gasteiger partial charge in [0.25, 0.3) is 5.56 Å². The summed E-state index contributed by atoms with van der Waals surface area (Å²) in [6.45, 7) is 4.72. The maximum Gasteiger partial charge on any atom is 0.252 e. The fourth-order valence-electron chi connectivity index (χ4n) is 1.51. The van der Waals surface area contributed by atoms with Crippen LogP contribution in [-0.4, -0.2) is 21.5 Å². The van der Waals surface area contributed by atoms with Gasteiger partial charge in [-0.25, -0.2) is 9.97 Å². The zero-order valence-electron chi connectivity index (χ0n) is 10.4. The molecule has 2 aromatic heterocycles. The molecule has 0 unspecified atom stereocenters. The normalized spacial score (nSPS) is 10.8. The molecule has 2 heterocycles. The van der Waals surface area contributed by atoms with Crippen LogP contribution in [0.5, 0.6) is 0 Å². The lowest BCUT2D eigenvalue weighted by Gasteiger charge is -2.08. The third kappa shape index (κ3) is 3.40. The Morgan fingerprint density at radius 3 is 3.00 bits per heavy atom. The summed E-state index contributed by atoms with van der Waals surface area (Å²) in [5.41, 5.74) is -0.120. The average Bonchev–Trinajstić information content (AvgIpc) is 2.81. The van der Waals surface area contributed by atoms with Gasteiger partial charge in [0, 0.05) is 36.5 Å². The summed E-state index contributed by atoms with van der Waals surface area (Å²) < 4.78 is 0. The minimum atomic E-state index is -0.120. The number of nitrogens with zero attached hydrogens (tertiary/aromatic N) is 2. The van der Waals surface area contributed by atoms with Gasteiger partial charge in [0.1, 0.15) is 11.6 Å². The SMILES string of the molecule is CC(C)c1nc(NCCc2nccs2)cc(=O)[nH]1. The van der Waals surface area contributed by atoms with Gasteiger partial charge in [-0.2, -0.15) is 0 Å². The lowest BCUT2D eigenvalue weighted by molar-refractivity contribution is 0.766. The van der Waals surface area contributed by atoms with Crippen molar-refractivity contribution in [2.24, 2.45) is 0 Å². The number of hydrogen-bond acceptors (Lipinski definition) is 5. The van der Waals surface area contributed by atoms with Crippen molar-refractivity contribution in [3.05, 3.63) is 38.8 Å². The average molecular weight is 264 g/mol. The number of hydrogen-bond donors (Lipinski definition) is 2. The maximum absolute atomic E-state index is 11.5. The van der Waals surface area contributed by atoms with Gasteiger partial charge in [-0.05, 0) is 0 Å². The number of H-pyrrole nitrogens is 1. The molecular formula is C12H16N4OS. The lowest BCUT2D eigenvalue weighted by atomic mass is 10.2. The van der Waals surface area contributed by atoms with Gasteiger partial charge in [0.2, 0.25) is 0 Å². The van der Waals surface area contributed by atoms with Crippen molar-refractivity contribution >= 4 is 17.2 Å². The summed E-state index contributed by atoms with van der Waals surface area (Å²) >= 11 is 1.63. The third-order valence-electron chi connectivity index (χ3n) is 2.44. The monoisotopic (exact) mass is 264 g/mol. The van der Waals surface area contributed by atoms with E-state index in [9.17, 15) is 4.79 Å². The summed E-state index contributed by atoms with van der Waals surface area (Å²) in [6.07, 6.45) is 2.63. The molecule has 0 aliphatic carbocycles. The van der Waals surface area contributed by atoms with E-state index in [1.165, 1.54) is 6.07 Å². The van der Waals surface area contributed by atoms with E-state index < -0.39 is 0 Å². The predicted octanol–water partition coefficient (Wildman–Crippen LogP) is 2.00. The van der Waals surface area contributed by atoms with Gasteiger partial charge < -0.3 is 10.3 Å². The van der Waals surface area contributed by atoms with Crippen LogP contribution >= 0.6 is 11.3 Å². The van der Waals surface area contributed by atoms with Crippen molar-refractivity contribution in [3.8, 4) is 0 Å². The van der Waals surface area contributed by atoms with Crippen LogP contribution in [0.25, 0.3) is 0 Å². The number of thiazole rings is 1. The molecule has 0 aliphatic heterocycles. The van der Waals surface area contributed by atoms with Crippen LogP contribution in [0.15, 0.2) is 22.4 Å². The quantitative estimate of drug-likeness (QED) is 0.866. The lowest BCUT2D eigenvalue weighted by Crippen LogP contribution is -2.15. The first-order valence-corrected chi connectivity index (χ1v) is 6.76. The van der Waals surface area contributed by atoms with Gasteiger partial charge in [-0.3, -0.25) is 4.79 Å². The molecule has 2 aromatic rings. The maximum atomic E-state index is 11.5. The van der Waals surface area contributed by atoms with Gasteiger partial charge in [0.05, 0.1) is 5.01 Å². The van der Waals surface area contributed by atoms with E-state index in [2.05, 4.69) is 20.3 Å². The molecule has 0 aromatic carbocycles. The molecule has 2 N–H and O–H groups in total. The fraction of sp³-hybridized carbons (Fsp3) is 0.417. The number of anilines is 1. The number of nitrogens with one attached hydrogen (secondary N) is 2. The Kier molecular flexibility index (Phi) is 4.09. The van der Waals surface area contributed by atoms with Crippen LogP contribution in [0, 0.1) is 0 Å². The molecule has 18 heavy (non-hydrogen) atoms. The predicted molar refractivity (Wildman–Crippen MR) is 73.3 cm³/mol. The third-order valence-corrected chi connectivity index (χ3v) is 3.27. The van der Waals surface area contributed by atoms with Gasteiger partial charge in [0.15, 0.2) is 0 Å². The Labute approximate surface area is 109 Å². The van der Waals surface area contributed by atoms with Crippen LogP contribution in [0.1, 0.15) is 30.6 Å². The van der Waals surface area contributed by atoms with E-state index in [-0.39, 0.29) is 11.5 Å². The Hall–Kier alpha value is -1.69. The smallest absolute Gasteiger partial charge is 0.252 e. The van der Waals surface area contributed by atoms with Crippen molar-refractivity contribution in [1.82, 2.24) is 15.0 Å². The summed E-state index contributed by atoms with van der Waals surface area (Å²) in [5, 5.41) is 6.19. The van der Waals surface area contributed by atoms with Gasteiger partial charge in [-0.1, -0.05) is 13.8 Å². The Morgan fingerprint density at radius 2 is 2.33 bits per heavy atom. The van der Waals surface area contributed by atoms with Crippen LogP contribution in [0.3, 0.4) is 0 Å². The molecule has 0 saturated heterocycles. The largest absolute Gasteiger partial charge is 0.369 e. The van der Waals surface area contributed by atoms with Crippen molar-refractivity contribution in [1.29, 1.82) is 0 Å². The van der Waals surface area contributed by atoms with Crippen molar-refractivity contribution in [3.63, 3.8) is 0 Å². The van der Waals surface area contributed by atoms with Gasteiger partial charge in [-0.15, -0.1) is 11.3 Å². The standard InChI is InChI=1S/C12H16N4OS/c1-8(2)12-15-9(7-10(17)16-12)13-4-3-11-14-5-6-18-11/h5-8H,3-4H2,1-2H3,(H2,13,15,16,17). The molecule has 0 atom stereocenters. The fourth-order valence-corrected chi connectivity index (χ4v) is 2.13. The molecule has 0 amide bonds. The molecule has 0 bridgehead atoms. The number of aromatic amines is 1. The molecule has 0 spiro atoms. The molecule has 0 aliphatic rings. The van der Waals surface area contributed by atoms with E-state index in [4.69, 9.17) is 0 Å². The minimum absolute atomic E-state index is 0.120. The van der Waals surface area contributed by atoms with E-state index in [1.54, 1.807) is 17.5 Å². The summed E-state index contributed by atoms with van der Waals surface area (Å²) in [4.78, 5) is 22.8. The first kappa shape index (κ1) is 12.8. The number of rotatable bonds is 5. The minimum Gasteiger partial charge on any atom is -0.369 e. The second-order valence-corrected chi connectivity index (χ2v) is 5.25. The highest BCUT2D eigenvalue weighted by Crippen LogP contribution is 2.09. The summed E-state index contributed by atoms with van der Waals surface area (Å²) in [7, 11) is 0. The van der Waals surface area contributed by atoms with Crippen molar-refractivity contribution in [2.45, 2.75) is 26.2 Å². The van der Waals surface area contributed by atoms with Crippen molar-refractivity contribution in [2.75, 3.05) is 11.9 Å². The highest BCUT2D eigenvalue weighted by Gasteiger charge is 2.05. The topological polar surface area (TPSA) is 70.7 Å². The molecule has 96 valence electrons. The van der Waals surface area contributed by atoms with E-state index in [1.807, 2.05) is 19.2 Å². The molecule has 5 nitrogen and oxygen atoms in total. The second kappa shape index (κ2) is 5.77. The van der Waals surface area contributed by atoms with Crippen LogP contribution < -0.4 is 10.9 Å². The number of aromatic nitrogens is 3. The molecular weight excluding hydrogens is 248 g/mol. The van der Waals surface area contributed by atoms with E-state index in [0.717, 1.165) is 18.0 Å². The molecule has 6 heteroatoms. The van der Waals surface area contributed by atoms with E-state index >= 15 is 0 Å². The van der Waals surface area contributed by atoms with Crippen LogP contribution in [-0.2, 0) is 6.42 Å². The molecule has 0 saturated carbocycles. The Morgan fingerprint density at radius 1 is 1.50 bits per heavy atom. The zero-order valence-corrected chi connectivity index (χ0v) is 11.3. The highest BCUT2D eigenvalue weighted by atomic mass is 32.1. The molecule has 0 radical (unpaired) electrons. The first-order valence-electron chi connectivity index (χ1n) is 5.88. The highest BCUT2D eigenvalue weighted by molar-refractivity contribution is 7.09. The molecule has 2 rings (SSSR count). The van der Waals surface area contributed by atoms with Crippen molar-refractivity contribution < 1.29 is 0 Å². The molecule has 0 fully saturated rings. The zero-order chi connectivity index (χ0) is 13.0.